The van der Waals surface area contributed by atoms with Crippen LogP contribution in [0.5, 0.6) is 0 Å². The van der Waals surface area contributed by atoms with Crippen molar-refractivity contribution in [2.75, 3.05) is 13.1 Å². The molecule has 40 heavy (non-hydrogen) atoms. The molecule has 0 N–H and O–H groups in total. The number of hydrogen-bond donors (Lipinski definition) is 0. The topological polar surface area (TPSA) is 68.2 Å². The third-order valence-corrected chi connectivity index (χ3v) is 6.80. The number of nitrogens with zero attached hydrogens (tertiary/aromatic N) is 2. The van der Waals surface area contributed by atoms with Gasteiger partial charge in [-0.05, 0) is 71.1 Å². The van der Waals surface area contributed by atoms with Crippen molar-refractivity contribution in [2.24, 2.45) is 16.8 Å². The zero-order chi connectivity index (χ0) is 28.7. The second-order valence-electron chi connectivity index (χ2n) is 11.6. The lowest BCUT2D eigenvalue weighted by Crippen LogP contribution is -2.37. The summed E-state index contributed by atoms with van der Waals surface area (Å²) in [7, 11) is 0. The van der Waals surface area contributed by atoms with Gasteiger partial charge in [-0.1, -0.05) is 72.8 Å². The van der Waals surface area contributed by atoms with Crippen LogP contribution in [0.4, 0.5) is 10.5 Å². The van der Waals surface area contributed by atoms with Gasteiger partial charge in [0.05, 0.1) is 23.4 Å². The van der Waals surface area contributed by atoms with E-state index < -0.39 is 5.60 Å². The van der Waals surface area contributed by atoms with E-state index in [4.69, 9.17) is 14.5 Å². The highest BCUT2D eigenvalue weighted by atomic mass is 16.6. The predicted molar refractivity (Wildman–Crippen MR) is 159 cm³/mol. The molecule has 0 aliphatic carbocycles. The van der Waals surface area contributed by atoms with Crippen LogP contribution in [0.3, 0.4) is 0 Å². The average molecular weight is 541 g/mol. The van der Waals surface area contributed by atoms with E-state index in [1.165, 1.54) is 0 Å². The molecule has 210 valence electrons. The maximum atomic E-state index is 13.3. The number of rotatable bonds is 8. The summed E-state index contributed by atoms with van der Waals surface area (Å²) >= 11 is 0. The van der Waals surface area contributed by atoms with E-state index in [0.29, 0.717) is 19.5 Å². The van der Waals surface area contributed by atoms with Gasteiger partial charge in [-0.25, -0.2) is 9.79 Å². The number of benzene rings is 3. The van der Waals surface area contributed by atoms with Crippen molar-refractivity contribution in [3.8, 4) is 0 Å². The molecular weight excluding hydrogens is 500 g/mol. The summed E-state index contributed by atoms with van der Waals surface area (Å²) in [4.78, 5) is 32.8. The van der Waals surface area contributed by atoms with Crippen molar-refractivity contribution in [1.29, 1.82) is 0 Å². The highest BCUT2D eigenvalue weighted by Gasteiger charge is 2.38. The summed E-state index contributed by atoms with van der Waals surface area (Å²) in [5, 5.41) is 0. The molecule has 3 aromatic carbocycles. The second kappa shape index (κ2) is 12.9. The molecule has 1 heterocycles. The normalized spacial score (nSPS) is 15.9. The molecule has 0 radical (unpaired) electrons. The van der Waals surface area contributed by atoms with Crippen LogP contribution in [0, 0.1) is 11.8 Å². The fraction of sp³-hybridized carbons (Fsp3) is 0.382. The molecule has 0 saturated carbocycles. The Hall–Kier alpha value is -3.93. The van der Waals surface area contributed by atoms with Crippen LogP contribution in [-0.2, 0) is 20.7 Å². The minimum atomic E-state index is -0.565. The third-order valence-electron chi connectivity index (χ3n) is 6.80. The van der Waals surface area contributed by atoms with E-state index in [9.17, 15) is 9.59 Å². The minimum absolute atomic E-state index is 0.0184. The van der Waals surface area contributed by atoms with Crippen molar-refractivity contribution in [3.63, 3.8) is 0 Å². The molecule has 1 aliphatic rings. The molecule has 1 amide bonds. The number of esters is 1. The molecule has 0 spiro atoms. The van der Waals surface area contributed by atoms with E-state index in [1.54, 1.807) is 4.90 Å². The third kappa shape index (κ3) is 8.04. The van der Waals surface area contributed by atoms with E-state index in [0.717, 1.165) is 34.5 Å². The first-order chi connectivity index (χ1) is 19.1. The quantitative estimate of drug-likeness (QED) is 0.223. The summed E-state index contributed by atoms with van der Waals surface area (Å²) in [6, 6.07) is 28.3. The smallest absolute Gasteiger partial charge is 0.410 e. The molecule has 2 atom stereocenters. The molecule has 0 bridgehead atoms. The van der Waals surface area contributed by atoms with E-state index in [-0.39, 0.29) is 30.0 Å². The monoisotopic (exact) mass is 540 g/mol. The number of likely N-dealkylation sites (tertiary alicyclic amines) is 1. The van der Waals surface area contributed by atoms with Crippen molar-refractivity contribution >= 4 is 23.5 Å². The Labute approximate surface area is 238 Å². The summed E-state index contributed by atoms with van der Waals surface area (Å²) < 4.78 is 11.3. The van der Waals surface area contributed by atoms with Gasteiger partial charge in [0.2, 0.25) is 0 Å². The van der Waals surface area contributed by atoms with Gasteiger partial charge >= 0.3 is 12.1 Å². The number of carbonyl (C=O) groups is 2. The Morgan fingerprint density at radius 2 is 1.55 bits per heavy atom. The second-order valence-corrected chi connectivity index (χ2v) is 11.6. The minimum Gasteiger partial charge on any atom is -0.463 e. The van der Waals surface area contributed by atoms with Crippen molar-refractivity contribution in [1.82, 2.24) is 4.90 Å². The van der Waals surface area contributed by atoms with Crippen LogP contribution in [0.1, 0.15) is 57.7 Å². The maximum absolute atomic E-state index is 13.3. The SMILES string of the molecule is CC(C)OC(=O)[C@@H](Cc1cccc(N=C(c2ccccc2)c2ccccc2)c1)[C@H]1CCN(C(=O)OC(C)(C)C)C1. The maximum Gasteiger partial charge on any atom is 0.410 e. The van der Waals surface area contributed by atoms with Gasteiger partial charge in [0.15, 0.2) is 0 Å². The molecule has 4 rings (SSSR count). The first-order valence-corrected chi connectivity index (χ1v) is 14.1. The molecular formula is C34H40N2O4. The summed E-state index contributed by atoms with van der Waals surface area (Å²) in [5.74, 6) is -0.624. The van der Waals surface area contributed by atoms with Crippen LogP contribution in [0.25, 0.3) is 0 Å². The van der Waals surface area contributed by atoms with Crippen molar-refractivity contribution in [3.05, 3.63) is 102 Å². The number of hydrogen-bond acceptors (Lipinski definition) is 5. The van der Waals surface area contributed by atoms with Gasteiger partial charge in [-0.15, -0.1) is 0 Å². The highest BCUT2D eigenvalue weighted by Crippen LogP contribution is 2.31. The summed E-state index contributed by atoms with van der Waals surface area (Å²) in [6.45, 7) is 10.3. The van der Waals surface area contributed by atoms with Gasteiger partial charge in [0.25, 0.3) is 0 Å². The van der Waals surface area contributed by atoms with E-state index >= 15 is 0 Å². The van der Waals surface area contributed by atoms with E-state index in [2.05, 4.69) is 24.3 Å². The largest absolute Gasteiger partial charge is 0.463 e. The Bertz CT molecular complexity index is 1270. The van der Waals surface area contributed by atoms with Gasteiger partial charge in [0, 0.05) is 24.2 Å². The molecule has 0 unspecified atom stereocenters. The van der Waals surface area contributed by atoms with Gasteiger partial charge in [-0.3, -0.25) is 4.79 Å². The van der Waals surface area contributed by atoms with Gasteiger partial charge in [-0.2, -0.15) is 0 Å². The summed E-state index contributed by atoms with van der Waals surface area (Å²) in [5.41, 5.74) is 4.21. The first kappa shape index (κ1) is 29.1. The zero-order valence-corrected chi connectivity index (χ0v) is 24.2. The van der Waals surface area contributed by atoms with Crippen molar-refractivity contribution in [2.45, 2.75) is 59.2 Å². The number of aliphatic imine (C=N–C) groups is 1. The lowest BCUT2D eigenvalue weighted by atomic mass is 9.86. The van der Waals surface area contributed by atoms with Gasteiger partial charge in [0.1, 0.15) is 5.60 Å². The number of ether oxygens (including phenoxy) is 2. The van der Waals surface area contributed by atoms with Gasteiger partial charge < -0.3 is 14.4 Å². The van der Waals surface area contributed by atoms with Crippen LogP contribution >= 0.6 is 0 Å². The lowest BCUT2D eigenvalue weighted by molar-refractivity contribution is -0.154. The van der Waals surface area contributed by atoms with Crippen molar-refractivity contribution < 1.29 is 19.1 Å². The Morgan fingerprint density at radius 1 is 0.925 bits per heavy atom. The van der Waals surface area contributed by atoms with E-state index in [1.807, 2.05) is 95.3 Å². The predicted octanol–water partition coefficient (Wildman–Crippen LogP) is 7.22. The molecule has 6 nitrogen and oxygen atoms in total. The zero-order valence-electron chi connectivity index (χ0n) is 24.2. The molecule has 0 aromatic heterocycles. The van der Waals surface area contributed by atoms with Crippen LogP contribution in [0.15, 0.2) is 89.9 Å². The fourth-order valence-electron chi connectivity index (χ4n) is 4.99. The Morgan fingerprint density at radius 3 is 2.12 bits per heavy atom. The number of amides is 1. The fourth-order valence-corrected chi connectivity index (χ4v) is 4.99. The average Bonchev–Trinajstić information content (AvgIpc) is 3.41. The molecule has 1 aliphatic heterocycles. The lowest BCUT2D eigenvalue weighted by Gasteiger charge is -2.26. The molecule has 1 fully saturated rings. The highest BCUT2D eigenvalue weighted by molar-refractivity contribution is 6.13. The number of carbonyl (C=O) groups excluding carboxylic acids is 2. The molecule has 3 aromatic rings. The Kier molecular flexibility index (Phi) is 9.41. The molecule has 6 heteroatoms. The standard InChI is InChI=1S/C34H40N2O4/c1-24(2)39-32(37)30(28-19-20-36(23-28)33(38)40-34(3,4)5)22-25-13-12-18-29(21-25)35-31(26-14-8-6-9-15-26)27-16-10-7-11-17-27/h6-18,21,24,28,30H,19-20,22-23H2,1-5H3/t28-,30-/m0/s1. The Balaban J connectivity index is 1.59. The van der Waals surface area contributed by atoms with Crippen LogP contribution < -0.4 is 0 Å². The summed E-state index contributed by atoms with van der Waals surface area (Å²) in [6.07, 6.45) is 0.680. The van der Waals surface area contributed by atoms with Crippen LogP contribution in [0.2, 0.25) is 0 Å². The van der Waals surface area contributed by atoms with Crippen LogP contribution in [-0.4, -0.2) is 47.5 Å². The molecule has 1 saturated heterocycles. The first-order valence-electron chi connectivity index (χ1n) is 14.1.